The van der Waals surface area contributed by atoms with Gasteiger partial charge in [0.05, 0.1) is 5.52 Å². The molecule has 0 spiro atoms. The van der Waals surface area contributed by atoms with E-state index in [-0.39, 0.29) is 0 Å². The van der Waals surface area contributed by atoms with Gasteiger partial charge in [-0.2, -0.15) is 0 Å². The molecule has 5 heteroatoms. The van der Waals surface area contributed by atoms with Gasteiger partial charge in [-0.25, -0.2) is 15.0 Å². The smallest absolute Gasteiger partial charge is 0.164 e. The lowest BCUT2D eigenvalue weighted by Gasteiger charge is -2.14. The van der Waals surface area contributed by atoms with Crippen LogP contribution in [0.15, 0.2) is 150 Å². The molecular weight excluding hydrogens is 576 g/mol. The first-order valence-electron chi connectivity index (χ1n) is 15.6. The number of nitrogens with zero attached hydrogens (tertiary/aromatic N) is 4. The molecular formula is C42H24N4O. The number of pyridine rings is 1. The number of aromatic nitrogens is 4. The van der Waals surface area contributed by atoms with Gasteiger partial charge in [-0.05, 0) is 63.3 Å². The molecule has 0 saturated carbocycles. The lowest BCUT2D eigenvalue weighted by atomic mass is 9.92. The fraction of sp³-hybridized carbons (Fsp3) is 0. The van der Waals surface area contributed by atoms with Crippen LogP contribution < -0.4 is 0 Å². The van der Waals surface area contributed by atoms with E-state index in [4.69, 9.17) is 19.4 Å². The molecule has 0 saturated heterocycles. The molecule has 0 atom stereocenters. The molecule has 47 heavy (non-hydrogen) atoms. The third kappa shape index (κ3) is 3.97. The van der Waals surface area contributed by atoms with E-state index in [9.17, 15) is 0 Å². The number of hydrogen-bond donors (Lipinski definition) is 0. The zero-order valence-corrected chi connectivity index (χ0v) is 25.1. The van der Waals surface area contributed by atoms with E-state index in [1.165, 1.54) is 16.2 Å². The number of rotatable bonds is 3. The Morgan fingerprint density at radius 3 is 2.04 bits per heavy atom. The molecule has 0 aliphatic rings. The van der Waals surface area contributed by atoms with Crippen LogP contribution in [-0.4, -0.2) is 19.9 Å². The molecule has 0 bridgehead atoms. The molecule has 5 nitrogen and oxygen atoms in total. The predicted octanol–water partition coefficient (Wildman–Crippen LogP) is 10.8. The maximum absolute atomic E-state index is 6.50. The lowest BCUT2D eigenvalue weighted by Crippen LogP contribution is -2.01. The van der Waals surface area contributed by atoms with Crippen LogP contribution in [0, 0.1) is 0 Å². The van der Waals surface area contributed by atoms with Crippen LogP contribution in [0.4, 0.5) is 0 Å². The van der Waals surface area contributed by atoms with Gasteiger partial charge in [0.15, 0.2) is 17.5 Å². The first-order valence-corrected chi connectivity index (χ1v) is 15.6. The van der Waals surface area contributed by atoms with Crippen molar-refractivity contribution < 1.29 is 4.42 Å². The van der Waals surface area contributed by atoms with Gasteiger partial charge in [0, 0.05) is 44.4 Å². The lowest BCUT2D eigenvalue weighted by molar-refractivity contribution is 0.672. The molecule has 3 heterocycles. The number of furan rings is 1. The Hall–Kier alpha value is -6.46. The van der Waals surface area contributed by atoms with Gasteiger partial charge >= 0.3 is 0 Å². The van der Waals surface area contributed by atoms with Gasteiger partial charge in [-0.1, -0.05) is 103 Å². The fourth-order valence-corrected chi connectivity index (χ4v) is 7.01. The molecule has 0 radical (unpaired) electrons. The van der Waals surface area contributed by atoms with E-state index in [1.807, 2.05) is 54.6 Å². The monoisotopic (exact) mass is 600 g/mol. The first-order chi connectivity index (χ1) is 23.3. The minimum atomic E-state index is 0.593. The molecule has 0 unspecified atom stereocenters. The maximum atomic E-state index is 6.50. The summed E-state index contributed by atoms with van der Waals surface area (Å²) in [5.74, 6) is 1.84. The summed E-state index contributed by atoms with van der Waals surface area (Å²) in [6.45, 7) is 0. The highest BCUT2D eigenvalue weighted by molar-refractivity contribution is 6.23. The fourth-order valence-electron chi connectivity index (χ4n) is 7.01. The average molecular weight is 601 g/mol. The highest BCUT2D eigenvalue weighted by Crippen LogP contribution is 2.41. The molecule has 0 amide bonds. The predicted molar refractivity (Wildman–Crippen MR) is 191 cm³/mol. The van der Waals surface area contributed by atoms with E-state index in [1.54, 1.807) is 6.20 Å². The van der Waals surface area contributed by atoms with Crippen molar-refractivity contribution in [1.29, 1.82) is 0 Å². The Balaban J connectivity index is 1.32. The molecule has 10 rings (SSSR count). The van der Waals surface area contributed by atoms with Crippen molar-refractivity contribution in [1.82, 2.24) is 19.9 Å². The molecule has 0 aliphatic carbocycles. The summed E-state index contributed by atoms with van der Waals surface area (Å²) in [5, 5.41) is 9.92. The third-order valence-electron chi connectivity index (χ3n) is 9.14. The van der Waals surface area contributed by atoms with Gasteiger partial charge in [0.2, 0.25) is 0 Å². The highest BCUT2D eigenvalue weighted by atomic mass is 16.3. The van der Waals surface area contributed by atoms with Gasteiger partial charge in [-0.3, -0.25) is 4.98 Å². The normalized spacial score (nSPS) is 11.8. The van der Waals surface area contributed by atoms with Crippen molar-refractivity contribution in [3.8, 4) is 34.2 Å². The summed E-state index contributed by atoms with van der Waals surface area (Å²) >= 11 is 0. The topological polar surface area (TPSA) is 64.7 Å². The third-order valence-corrected chi connectivity index (χ3v) is 9.14. The van der Waals surface area contributed by atoms with Crippen molar-refractivity contribution in [3.63, 3.8) is 0 Å². The Bertz CT molecular complexity index is 2860. The Morgan fingerprint density at radius 1 is 0.426 bits per heavy atom. The molecule has 0 fully saturated rings. The van der Waals surface area contributed by atoms with Crippen LogP contribution in [0.3, 0.4) is 0 Å². The van der Waals surface area contributed by atoms with Gasteiger partial charge < -0.3 is 4.42 Å². The second kappa shape index (κ2) is 10.0. The zero-order chi connectivity index (χ0) is 30.9. The van der Waals surface area contributed by atoms with Crippen LogP contribution in [0.2, 0.25) is 0 Å². The van der Waals surface area contributed by atoms with E-state index in [2.05, 4.69) is 89.9 Å². The van der Waals surface area contributed by atoms with Gasteiger partial charge in [0.1, 0.15) is 11.2 Å². The van der Waals surface area contributed by atoms with Crippen LogP contribution in [0.25, 0.3) is 99.3 Å². The minimum absolute atomic E-state index is 0.593. The van der Waals surface area contributed by atoms with Crippen LogP contribution in [-0.2, 0) is 0 Å². The van der Waals surface area contributed by atoms with Gasteiger partial charge in [-0.15, -0.1) is 0 Å². The Labute approximate surface area is 268 Å². The average Bonchev–Trinajstić information content (AvgIpc) is 3.54. The van der Waals surface area contributed by atoms with E-state index in [0.717, 1.165) is 65.7 Å². The standard InChI is InChI=1S/C42H24N4O/c1-2-11-26(12-3-1)40-44-41(33-16-8-18-36-38(33)32-21-22-35-31(39(32)47-36)17-9-23-43-35)46-42(45-40)34-24-27-13-5-6-14-28(27)30-20-19-25-10-4-7-15-29(25)37(30)34/h1-24H. The summed E-state index contributed by atoms with van der Waals surface area (Å²) in [6.07, 6.45) is 1.80. The second-order valence-electron chi connectivity index (χ2n) is 11.8. The summed E-state index contributed by atoms with van der Waals surface area (Å²) in [7, 11) is 0. The number of benzene rings is 7. The molecule has 0 aliphatic heterocycles. The van der Waals surface area contributed by atoms with Crippen molar-refractivity contribution >= 4 is 65.2 Å². The minimum Gasteiger partial charge on any atom is -0.455 e. The molecule has 7 aromatic carbocycles. The number of fused-ring (bicyclic) bond motifs is 10. The quantitative estimate of drug-likeness (QED) is 0.189. The zero-order valence-electron chi connectivity index (χ0n) is 25.1. The summed E-state index contributed by atoms with van der Waals surface area (Å²) in [4.78, 5) is 20.1. The van der Waals surface area contributed by atoms with Crippen LogP contribution in [0.1, 0.15) is 0 Å². The molecule has 218 valence electrons. The van der Waals surface area contributed by atoms with E-state index >= 15 is 0 Å². The number of hydrogen-bond acceptors (Lipinski definition) is 5. The Kier molecular flexibility index (Phi) is 5.51. The second-order valence-corrected chi connectivity index (χ2v) is 11.8. The molecule has 3 aromatic heterocycles. The Morgan fingerprint density at radius 2 is 1.15 bits per heavy atom. The summed E-state index contributed by atoms with van der Waals surface area (Å²) in [5.41, 5.74) is 5.26. The summed E-state index contributed by atoms with van der Waals surface area (Å²) < 4.78 is 6.50. The van der Waals surface area contributed by atoms with Crippen molar-refractivity contribution in [2.24, 2.45) is 0 Å². The van der Waals surface area contributed by atoms with Crippen LogP contribution in [0.5, 0.6) is 0 Å². The maximum Gasteiger partial charge on any atom is 0.164 e. The van der Waals surface area contributed by atoms with Crippen molar-refractivity contribution in [2.45, 2.75) is 0 Å². The SMILES string of the molecule is c1ccc(-c2nc(-c3cccc4oc5c6cccnc6ccc5c34)nc(-c3cc4ccccc4c4ccc5ccccc5c34)n2)cc1. The largest absolute Gasteiger partial charge is 0.455 e. The van der Waals surface area contributed by atoms with Crippen molar-refractivity contribution in [2.75, 3.05) is 0 Å². The molecule has 10 aromatic rings. The van der Waals surface area contributed by atoms with Crippen molar-refractivity contribution in [3.05, 3.63) is 146 Å². The van der Waals surface area contributed by atoms with E-state index < -0.39 is 0 Å². The first kappa shape index (κ1) is 25.8. The molecule has 0 N–H and O–H groups in total. The summed E-state index contributed by atoms with van der Waals surface area (Å²) in [6, 6.07) is 48.0. The van der Waals surface area contributed by atoms with Gasteiger partial charge in [0.25, 0.3) is 0 Å². The van der Waals surface area contributed by atoms with Crippen LogP contribution >= 0.6 is 0 Å². The highest BCUT2D eigenvalue weighted by Gasteiger charge is 2.21. The van der Waals surface area contributed by atoms with E-state index in [0.29, 0.717) is 17.5 Å².